The van der Waals surface area contributed by atoms with Crippen LogP contribution in [0.3, 0.4) is 0 Å². The highest BCUT2D eigenvalue weighted by molar-refractivity contribution is 5.84. The maximum absolute atomic E-state index is 11.7. The lowest BCUT2D eigenvalue weighted by Gasteiger charge is -2.42. The standard InChI is InChI=1S/C13H21NO3/c1-13(2,3)17-12(16)14-7-10(8-14)4-9-5-11(15)6-9/h9-10H,4-8H2,1-3H3. The van der Waals surface area contributed by atoms with Crippen LogP contribution >= 0.6 is 0 Å². The van der Waals surface area contributed by atoms with Crippen molar-refractivity contribution in [3.63, 3.8) is 0 Å². The summed E-state index contributed by atoms with van der Waals surface area (Å²) in [6, 6.07) is 0. The minimum atomic E-state index is -0.414. The van der Waals surface area contributed by atoms with Crippen molar-refractivity contribution >= 4 is 11.9 Å². The van der Waals surface area contributed by atoms with Crippen LogP contribution < -0.4 is 0 Å². The molecule has 1 amide bonds. The monoisotopic (exact) mass is 239 g/mol. The van der Waals surface area contributed by atoms with E-state index in [1.54, 1.807) is 4.90 Å². The lowest BCUT2D eigenvalue weighted by molar-refractivity contribution is -0.127. The van der Waals surface area contributed by atoms with Gasteiger partial charge in [-0.1, -0.05) is 0 Å². The van der Waals surface area contributed by atoms with E-state index in [2.05, 4.69) is 0 Å². The number of Topliss-reactive ketones (excluding diaryl/α,β-unsaturated/α-hetero) is 1. The van der Waals surface area contributed by atoms with Crippen LogP contribution in [0, 0.1) is 11.8 Å². The normalized spacial score (nSPS) is 22.1. The van der Waals surface area contributed by atoms with Gasteiger partial charge in [-0.2, -0.15) is 0 Å². The Bertz CT molecular complexity index is 318. The first-order valence-corrected chi connectivity index (χ1v) is 6.33. The van der Waals surface area contributed by atoms with Crippen LogP contribution in [0.15, 0.2) is 0 Å². The van der Waals surface area contributed by atoms with Gasteiger partial charge in [0.15, 0.2) is 0 Å². The van der Waals surface area contributed by atoms with E-state index < -0.39 is 5.60 Å². The Morgan fingerprint density at radius 3 is 2.35 bits per heavy atom. The molecular weight excluding hydrogens is 218 g/mol. The first kappa shape index (κ1) is 12.4. The highest BCUT2D eigenvalue weighted by atomic mass is 16.6. The molecule has 4 nitrogen and oxygen atoms in total. The minimum Gasteiger partial charge on any atom is -0.444 e. The van der Waals surface area contributed by atoms with Crippen molar-refractivity contribution in [2.75, 3.05) is 13.1 Å². The predicted molar refractivity (Wildman–Crippen MR) is 63.6 cm³/mol. The van der Waals surface area contributed by atoms with Crippen LogP contribution in [0.25, 0.3) is 0 Å². The van der Waals surface area contributed by atoms with Gasteiger partial charge in [0, 0.05) is 25.9 Å². The molecule has 2 fully saturated rings. The largest absolute Gasteiger partial charge is 0.444 e. The zero-order valence-electron chi connectivity index (χ0n) is 10.9. The Labute approximate surface area is 102 Å². The maximum Gasteiger partial charge on any atom is 0.410 e. The number of carbonyl (C=O) groups is 2. The molecule has 96 valence electrons. The van der Waals surface area contributed by atoms with Gasteiger partial charge in [0.25, 0.3) is 0 Å². The molecule has 1 heterocycles. The van der Waals surface area contributed by atoms with Gasteiger partial charge in [-0.3, -0.25) is 4.79 Å². The highest BCUT2D eigenvalue weighted by Gasteiger charge is 2.37. The predicted octanol–water partition coefficient (Wildman–Crippen LogP) is 2.22. The van der Waals surface area contributed by atoms with E-state index in [0.29, 0.717) is 17.6 Å². The summed E-state index contributed by atoms with van der Waals surface area (Å²) in [5, 5.41) is 0. The fourth-order valence-corrected chi connectivity index (χ4v) is 2.42. The van der Waals surface area contributed by atoms with Crippen LogP contribution in [-0.2, 0) is 9.53 Å². The summed E-state index contributed by atoms with van der Waals surface area (Å²) in [5.74, 6) is 1.53. The van der Waals surface area contributed by atoms with Gasteiger partial charge >= 0.3 is 6.09 Å². The molecular formula is C13H21NO3. The number of likely N-dealkylation sites (tertiary alicyclic amines) is 1. The summed E-state index contributed by atoms with van der Waals surface area (Å²) in [6.45, 7) is 7.21. The Kier molecular flexibility index (Phi) is 3.15. The average molecular weight is 239 g/mol. The van der Waals surface area contributed by atoms with E-state index in [-0.39, 0.29) is 6.09 Å². The van der Waals surface area contributed by atoms with Crippen LogP contribution in [0.2, 0.25) is 0 Å². The van der Waals surface area contributed by atoms with Gasteiger partial charge in [0.1, 0.15) is 11.4 Å². The average Bonchev–Trinajstić information content (AvgIpc) is 2.02. The number of hydrogen-bond donors (Lipinski definition) is 0. The molecule has 0 bridgehead atoms. The summed E-state index contributed by atoms with van der Waals surface area (Å²) in [4.78, 5) is 24.2. The second kappa shape index (κ2) is 4.31. The zero-order valence-corrected chi connectivity index (χ0v) is 10.9. The lowest BCUT2D eigenvalue weighted by atomic mass is 9.76. The maximum atomic E-state index is 11.7. The van der Waals surface area contributed by atoms with E-state index >= 15 is 0 Å². The van der Waals surface area contributed by atoms with Crippen LogP contribution in [0.1, 0.15) is 40.0 Å². The van der Waals surface area contributed by atoms with E-state index in [9.17, 15) is 9.59 Å². The first-order valence-electron chi connectivity index (χ1n) is 6.33. The molecule has 1 aliphatic heterocycles. The molecule has 0 radical (unpaired) electrons. The van der Waals surface area contributed by atoms with Crippen molar-refractivity contribution in [1.29, 1.82) is 0 Å². The smallest absolute Gasteiger partial charge is 0.410 e. The van der Waals surface area contributed by atoms with Gasteiger partial charge in [0.05, 0.1) is 0 Å². The van der Waals surface area contributed by atoms with E-state index in [1.807, 2.05) is 20.8 Å². The van der Waals surface area contributed by atoms with Gasteiger partial charge in [0.2, 0.25) is 0 Å². The highest BCUT2D eigenvalue weighted by Crippen LogP contribution is 2.33. The van der Waals surface area contributed by atoms with Crippen molar-refractivity contribution in [2.45, 2.75) is 45.6 Å². The Balaban J connectivity index is 1.65. The van der Waals surface area contributed by atoms with Crippen molar-refractivity contribution in [2.24, 2.45) is 11.8 Å². The number of rotatable bonds is 2. The third-order valence-electron chi connectivity index (χ3n) is 3.31. The first-order chi connectivity index (χ1) is 7.83. The van der Waals surface area contributed by atoms with Crippen LogP contribution in [0.4, 0.5) is 4.79 Å². The van der Waals surface area contributed by atoms with Crippen LogP contribution in [0.5, 0.6) is 0 Å². The second-order valence-corrected chi connectivity index (χ2v) is 6.30. The van der Waals surface area contributed by atoms with Crippen LogP contribution in [-0.4, -0.2) is 35.5 Å². The Hall–Kier alpha value is -1.06. The summed E-state index contributed by atoms with van der Waals surface area (Å²) >= 11 is 0. The molecule has 0 spiro atoms. The van der Waals surface area contributed by atoms with Gasteiger partial charge in [-0.15, -0.1) is 0 Å². The number of amides is 1. The fourth-order valence-electron chi connectivity index (χ4n) is 2.42. The molecule has 0 unspecified atom stereocenters. The third-order valence-corrected chi connectivity index (χ3v) is 3.31. The molecule has 0 aromatic heterocycles. The molecule has 0 aromatic carbocycles. The molecule has 1 saturated heterocycles. The number of hydrogen-bond acceptors (Lipinski definition) is 3. The Morgan fingerprint density at radius 1 is 1.29 bits per heavy atom. The molecule has 1 aliphatic carbocycles. The molecule has 2 aliphatic rings. The number of ether oxygens (including phenoxy) is 1. The van der Waals surface area contributed by atoms with Gasteiger partial charge in [-0.05, 0) is 39.0 Å². The van der Waals surface area contributed by atoms with Gasteiger partial charge < -0.3 is 9.64 Å². The zero-order chi connectivity index (χ0) is 12.6. The number of carbonyl (C=O) groups excluding carboxylic acids is 2. The molecule has 4 heteroatoms. The van der Waals surface area contributed by atoms with E-state index in [4.69, 9.17) is 4.74 Å². The molecule has 0 atom stereocenters. The molecule has 2 rings (SSSR count). The number of nitrogens with zero attached hydrogens (tertiary/aromatic N) is 1. The molecule has 17 heavy (non-hydrogen) atoms. The number of ketones is 1. The summed E-state index contributed by atoms with van der Waals surface area (Å²) in [5.41, 5.74) is -0.414. The SMILES string of the molecule is CC(C)(C)OC(=O)N1CC(CC2CC(=O)C2)C1. The summed E-state index contributed by atoms with van der Waals surface area (Å²) in [7, 11) is 0. The quantitative estimate of drug-likeness (QED) is 0.742. The summed E-state index contributed by atoms with van der Waals surface area (Å²) < 4.78 is 5.29. The fraction of sp³-hybridized carbons (Fsp3) is 0.846. The minimum absolute atomic E-state index is 0.210. The van der Waals surface area contributed by atoms with E-state index in [0.717, 1.165) is 32.4 Å². The second-order valence-electron chi connectivity index (χ2n) is 6.30. The van der Waals surface area contributed by atoms with Crippen molar-refractivity contribution in [1.82, 2.24) is 4.90 Å². The van der Waals surface area contributed by atoms with Crippen molar-refractivity contribution in [3.8, 4) is 0 Å². The topological polar surface area (TPSA) is 46.6 Å². The molecule has 1 saturated carbocycles. The van der Waals surface area contributed by atoms with Crippen molar-refractivity contribution < 1.29 is 14.3 Å². The molecule has 0 aromatic rings. The summed E-state index contributed by atoms with van der Waals surface area (Å²) in [6.07, 6.45) is 2.38. The third kappa shape index (κ3) is 3.20. The van der Waals surface area contributed by atoms with Gasteiger partial charge in [-0.25, -0.2) is 4.79 Å². The van der Waals surface area contributed by atoms with Crippen molar-refractivity contribution in [3.05, 3.63) is 0 Å². The Morgan fingerprint density at radius 2 is 1.88 bits per heavy atom. The lowest BCUT2D eigenvalue weighted by Crippen LogP contribution is -2.52. The van der Waals surface area contributed by atoms with E-state index in [1.165, 1.54) is 0 Å². The molecule has 0 N–H and O–H groups in total.